The van der Waals surface area contributed by atoms with Crippen molar-refractivity contribution < 1.29 is 9.47 Å². The predicted octanol–water partition coefficient (Wildman–Crippen LogP) is 5.98. The summed E-state index contributed by atoms with van der Waals surface area (Å²) in [5, 5.41) is 15.1. The highest BCUT2D eigenvalue weighted by Gasteiger charge is 2.11. The van der Waals surface area contributed by atoms with Crippen molar-refractivity contribution >= 4 is 11.8 Å². The molecule has 1 rings (SSSR count). The average Bonchev–Trinajstić information content (AvgIpc) is 2.72. The van der Waals surface area contributed by atoms with Gasteiger partial charge < -0.3 is 21.0 Å². The number of nitrogens with two attached hydrogens (primary N) is 1. The van der Waals surface area contributed by atoms with Gasteiger partial charge in [0.15, 0.2) is 0 Å². The fourth-order valence-corrected chi connectivity index (χ4v) is 3.43. The summed E-state index contributed by atoms with van der Waals surface area (Å²) in [4.78, 5) is 3.96. The van der Waals surface area contributed by atoms with E-state index in [9.17, 15) is 5.21 Å². The summed E-state index contributed by atoms with van der Waals surface area (Å²) in [6.07, 6.45) is 19.6. The van der Waals surface area contributed by atoms with Crippen LogP contribution in [0.2, 0.25) is 0 Å². The SMILES string of the molecule is CCCCCCCCCCCCCCCCNc1cc(OCCC)nc(N)[n+]1[O-]. The van der Waals surface area contributed by atoms with Crippen molar-refractivity contribution in [2.24, 2.45) is 0 Å². The van der Waals surface area contributed by atoms with Crippen LogP contribution in [0.3, 0.4) is 0 Å². The van der Waals surface area contributed by atoms with E-state index in [2.05, 4.69) is 17.2 Å². The monoisotopic (exact) mass is 408 g/mol. The Kier molecular flexibility index (Phi) is 15.0. The molecular formula is C23H44N4O2. The second-order valence-corrected chi connectivity index (χ2v) is 8.00. The average molecular weight is 409 g/mol. The second-order valence-electron chi connectivity index (χ2n) is 8.00. The third-order valence-electron chi connectivity index (χ3n) is 5.20. The maximum atomic E-state index is 12.0. The van der Waals surface area contributed by atoms with Crippen molar-refractivity contribution in [3.63, 3.8) is 0 Å². The van der Waals surface area contributed by atoms with E-state index in [1.807, 2.05) is 6.92 Å². The van der Waals surface area contributed by atoms with Gasteiger partial charge in [0.2, 0.25) is 5.82 Å². The van der Waals surface area contributed by atoms with Gasteiger partial charge in [-0.2, -0.15) is 0 Å². The molecule has 0 aliphatic carbocycles. The van der Waals surface area contributed by atoms with E-state index in [4.69, 9.17) is 10.5 Å². The normalized spacial score (nSPS) is 11.0. The number of nitrogen functional groups attached to an aromatic ring is 1. The van der Waals surface area contributed by atoms with Gasteiger partial charge in [0.25, 0.3) is 5.88 Å². The number of ether oxygens (including phenoxy) is 1. The lowest BCUT2D eigenvalue weighted by Crippen LogP contribution is -2.36. The number of anilines is 2. The summed E-state index contributed by atoms with van der Waals surface area (Å²) >= 11 is 0. The Hall–Kier alpha value is -1.72. The number of hydrogen-bond donors (Lipinski definition) is 2. The van der Waals surface area contributed by atoms with Crippen molar-refractivity contribution in [1.29, 1.82) is 0 Å². The van der Waals surface area contributed by atoms with E-state index in [-0.39, 0.29) is 5.95 Å². The minimum absolute atomic E-state index is 0.0814. The molecule has 0 fully saturated rings. The second kappa shape index (κ2) is 17.2. The molecule has 0 radical (unpaired) electrons. The molecule has 168 valence electrons. The molecule has 0 saturated carbocycles. The molecule has 0 aliphatic heterocycles. The van der Waals surface area contributed by atoms with Crippen LogP contribution >= 0.6 is 0 Å². The molecule has 6 heteroatoms. The van der Waals surface area contributed by atoms with Gasteiger partial charge in [0.1, 0.15) is 0 Å². The smallest absolute Gasteiger partial charge is 0.347 e. The number of nitrogens with one attached hydrogen (secondary N) is 1. The van der Waals surface area contributed by atoms with Crippen LogP contribution in [0.1, 0.15) is 110 Å². The summed E-state index contributed by atoms with van der Waals surface area (Å²) < 4.78 is 6.10. The van der Waals surface area contributed by atoms with Crippen LogP contribution in [0.25, 0.3) is 0 Å². The van der Waals surface area contributed by atoms with Crippen LogP contribution in [0.15, 0.2) is 6.07 Å². The van der Waals surface area contributed by atoms with Crippen LogP contribution in [-0.2, 0) is 0 Å². The van der Waals surface area contributed by atoms with Gasteiger partial charge in [-0.05, 0) is 12.8 Å². The Bertz CT molecular complexity index is 526. The molecule has 0 aromatic carbocycles. The highest BCUT2D eigenvalue weighted by molar-refractivity contribution is 5.36. The van der Waals surface area contributed by atoms with Gasteiger partial charge in [-0.1, -0.05) is 102 Å². The van der Waals surface area contributed by atoms with Crippen LogP contribution in [0.4, 0.5) is 11.8 Å². The van der Waals surface area contributed by atoms with Crippen LogP contribution < -0.4 is 20.5 Å². The molecule has 0 unspecified atom stereocenters. The first kappa shape index (κ1) is 25.3. The Morgan fingerprint density at radius 1 is 0.862 bits per heavy atom. The molecule has 29 heavy (non-hydrogen) atoms. The molecule has 0 saturated heterocycles. The number of unbranched alkanes of at least 4 members (excludes halogenated alkanes) is 13. The van der Waals surface area contributed by atoms with Crippen molar-refractivity contribution in [3.8, 4) is 5.88 Å². The molecule has 0 amide bonds. The first-order valence-electron chi connectivity index (χ1n) is 12.0. The van der Waals surface area contributed by atoms with E-state index in [1.165, 1.54) is 83.5 Å². The van der Waals surface area contributed by atoms with Gasteiger partial charge in [-0.25, -0.2) is 4.73 Å². The van der Waals surface area contributed by atoms with Crippen molar-refractivity contribution in [2.45, 2.75) is 110 Å². The zero-order chi connectivity index (χ0) is 21.2. The Morgan fingerprint density at radius 2 is 1.38 bits per heavy atom. The fourth-order valence-electron chi connectivity index (χ4n) is 3.43. The third-order valence-corrected chi connectivity index (χ3v) is 5.20. The molecule has 0 aliphatic rings. The lowest BCUT2D eigenvalue weighted by atomic mass is 10.0. The fraction of sp³-hybridized carbons (Fsp3) is 0.826. The Balaban J connectivity index is 2.00. The van der Waals surface area contributed by atoms with E-state index in [0.29, 0.717) is 23.0 Å². The predicted molar refractivity (Wildman–Crippen MR) is 122 cm³/mol. The summed E-state index contributed by atoms with van der Waals surface area (Å²) in [5.74, 6) is 0.736. The zero-order valence-corrected chi connectivity index (χ0v) is 18.9. The summed E-state index contributed by atoms with van der Waals surface area (Å²) in [5.41, 5.74) is 5.67. The molecule has 1 aromatic heterocycles. The summed E-state index contributed by atoms with van der Waals surface area (Å²) in [6.45, 7) is 5.62. The zero-order valence-electron chi connectivity index (χ0n) is 18.9. The Labute approximate surface area is 178 Å². The molecule has 0 bridgehead atoms. The van der Waals surface area contributed by atoms with Crippen molar-refractivity contribution in [3.05, 3.63) is 11.3 Å². The van der Waals surface area contributed by atoms with Crippen LogP contribution in [-0.4, -0.2) is 18.1 Å². The number of aromatic nitrogens is 2. The quantitative estimate of drug-likeness (QED) is 0.167. The van der Waals surface area contributed by atoms with Crippen LogP contribution in [0.5, 0.6) is 5.88 Å². The summed E-state index contributed by atoms with van der Waals surface area (Å²) in [7, 11) is 0. The largest absolute Gasteiger partial charge is 0.754 e. The number of rotatable bonds is 19. The van der Waals surface area contributed by atoms with Crippen molar-refractivity contribution in [1.82, 2.24) is 4.98 Å². The third kappa shape index (κ3) is 12.4. The number of hydrogen-bond acceptors (Lipinski definition) is 5. The topological polar surface area (TPSA) is 87.1 Å². The maximum absolute atomic E-state index is 12.0. The van der Waals surface area contributed by atoms with E-state index < -0.39 is 0 Å². The van der Waals surface area contributed by atoms with Gasteiger partial charge >= 0.3 is 5.95 Å². The van der Waals surface area contributed by atoms with Gasteiger partial charge in [0.05, 0.1) is 12.7 Å². The molecule has 1 heterocycles. The van der Waals surface area contributed by atoms with Gasteiger partial charge in [-0.3, -0.25) is 0 Å². The molecule has 6 nitrogen and oxygen atoms in total. The highest BCUT2D eigenvalue weighted by atomic mass is 16.5. The van der Waals surface area contributed by atoms with Gasteiger partial charge in [-0.15, -0.1) is 0 Å². The first-order valence-corrected chi connectivity index (χ1v) is 12.0. The highest BCUT2D eigenvalue weighted by Crippen LogP contribution is 2.15. The van der Waals surface area contributed by atoms with E-state index in [0.717, 1.165) is 19.4 Å². The van der Waals surface area contributed by atoms with Crippen molar-refractivity contribution in [2.75, 3.05) is 24.2 Å². The minimum Gasteiger partial charge on any atom is -0.754 e. The van der Waals surface area contributed by atoms with Crippen LogP contribution in [0, 0.1) is 5.21 Å². The van der Waals surface area contributed by atoms with Gasteiger partial charge in [0, 0.05) is 6.54 Å². The molecule has 3 N–H and O–H groups in total. The molecular weight excluding hydrogens is 364 g/mol. The Morgan fingerprint density at radius 3 is 1.90 bits per heavy atom. The molecule has 0 atom stereocenters. The first-order chi connectivity index (χ1) is 14.2. The molecule has 0 spiro atoms. The number of nitrogens with zero attached hydrogens (tertiary/aromatic N) is 2. The van der Waals surface area contributed by atoms with E-state index in [1.54, 1.807) is 6.07 Å². The maximum Gasteiger partial charge on any atom is 0.347 e. The lowest BCUT2D eigenvalue weighted by molar-refractivity contribution is -0.577. The van der Waals surface area contributed by atoms with E-state index >= 15 is 0 Å². The molecule has 1 aromatic rings. The lowest BCUT2D eigenvalue weighted by Gasteiger charge is -2.14. The minimum atomic E-state index is -0.0814. The summed E-state index contributed by atoms with van der Waals surface area (Å²) in [6, 6.07) is 1.63. The standard InChI is InChI=1S/C23H44N4O2/c1-3-5-6-7-8-9-10-11-12-13-14-15-16-17-18-25-21-20-22(29-19-4-2)26-23(24)27(21)28/h20,25H,3-19H2,1-2H3,(H2,24,26).